The lowest BCUT2D eigenvalue weighted by atomic mass is 9.90. The van der Waals surface area contributed by atoms with Crippen molar-refractivity contribution >= 4 is 5.91 Å². The molecule has 1 aliphatic carbocycles. The van der Waals surface area contributed by atoms with Crippen LogP contribution in [0.25, 0.3) is 11.1 Å². The third-order valence-corrected chi connectivity index (χ3v) is 7.08. The van der Waals surface area contributed by atoms with Gasteiger partial charge in [0, 0.05) is 37.8 Å². The molecule has 158 valence electrons. The van der Waals surface area contributed by atoms with Crippen LogP contribution in [0.1, 0.15) is 55.3 Å². The average Bonchev–Trinajstić information content (AvgIpc) is 3.29. The van der Waals surface area contributed by atoms with Crippen LogP contribution < -0.4 is 4.74 Å². The highest BCUT2D eigenvalue weighted by molar-refractivity contribution is 5.94. The quantitative estimate of drug-likeness (QED) is 0.704. The number of ether oxygens (including phenoxy) is 1. The summed E-state index contributed by atoms with van der Waals surface area (Å²) < 4.78 is 6.26. The van der Waals surface area contributed by atoms with E-state index in [1.165, 1.54) is 32.4 Å². The van der Waals surface area contributed by atoms with Gasteiger partial charge in [0.25, 0.3) is 5.91 Å². The molecule has 0 unspecified atom stereocenters. The predicted molar refractivity (Wildman–Crippen MR) is 120 cm³/mol. The Morgan fingerprint density at radius 2 is 1.33 bits per heavy atom. The van der Waals surface area contributed by atoms with Crippen molar-refractivity contribution in [3.8, 4) is 16.9 Å². The maximum atomic E-state index is 12.5. The highest BCUT2D eigenvalue weighted by atomic mass is 16.5. The van der Waals surface area contributed by atoms with Gasteiger partial charge in [0.05, 0.1) is 0 Å². The molecule has 3 fully saturated rings. The van der Waals surface area contributed by atoms with Gasteiger partial charge in [-0.15, -0.1) is 0 Å². The number of rotatable bonds is 5. The Balaban J connectivity index is 1.16. The molecule has 0 atom stereocenters. The fourth-order valence-corrected chi connectivity index (χ4v) is 4.94. The first kappa shape index (κ1) is 19.6. The minimum Gasteiger partial charge on any atom is -0.490 e. The van der Waals surface area contributed by atoms with Gasteiger partial charge < -0.3 is 14.5 Å². The SMILES string of the molecule is O=C(c1ccc(-c2ccc(OC3CCN(C4CCC4)CC3)cc2)cc1)N1CCCC1. The zero-order chi connectivity index (χ0) is 20.3. The maximum absolute atomic E-state index is 12.5. The van der Waals surface area contributed by atoms with E-state index in [9.17, 15) is 4.79 Å². The molecule has 0 aromatic heterocycles. The Morgan fingerprint density at radius 1 is 0.733 bits per heavy atom. The van der Waals surface area contributed by atoms with E-state index in [1.54, 1.807) is 0 Å². The van der Waals surface area contributed by atoms with Gasteiger partial charge in [-0.3, -0.25) is 4.79 Å². The molecule has 2 aromatic carbocycles. The first-order valence-electron chi connectivity index (χ1n) is 11.7. The van der Waals surface area contributed by atoms with Crippen molar-refractivity contribution in [1.29, 1.82) is 0 Å². The van der Waals surface area contributed by atoms with Crippen molar-refractivity contribution in [1.82, 2.24) is 9.80 Å². The molecule has 4 heteroatoms. The minimum absolute atomic E-state index is 0.158. The average molecular weight is 405 g/mol. The first-order valence-corrected chi connectivity index (χ1v) is 11.7. The van der Waals surface area contributed by atoms with Crippen LogP contribution in [0.2, 0.25) is 0 Å². The topological polar surface area (TPSA) is 32.8 Å². The van der Waals surface area contributed by atoms with Crippen molar-refractivity contribution < 1.29 is 9.53 Å². The Labute approximate surface area is 179 Å². The Hall–Kier alpha value is -2.33. The minimum atomic E-state index is 0.158. The number of likely N-dealkylation sites (tertiary alicyclic amines) is 2. The molecule has 0 spiro atoms. The summed E-state index contributed by atoms with van der Waals surface area (Å²) in [6, 6.07) is 17.3. The molecular weight excluding hydrogens is 372 g/mol. The monoisotopic (exact) mass is 404 g/mol. The second-order valence-electron chi connectivity index (χ2n) is 9.04. The van der Waals surface area contributed by atoms with Gasteiger partial charge in [0.2, 0.25) is 0 Å². The lowest BCUT2D eigenvalue weighted by Crippen LogP contribution is -2.46. The number of carbonyl (C=O) groups excluding carboxylic acids is 1. The van der Waals surface area contributed by atoms with Gasteiger partial charge in [0.15, 0.2) is 0 Å². The number of benzene rings is 2. The van der Waals surface area contributed by atoms with Gasteiger partial charge in [0.1, 0.15) is 11.9 Å². The van der Waals surface area contributed by atoms with E-state index < -0.39 is 0 Å². The van der Waals surface area contributed by atoms with Crippen molar-refractivity contribution in [3.05, 3.63) is 54.1 Å². The lowest BCUT2D eigenvalue weighted by molar-refractivity contribution is 0.0493. The summed E-state index contributed by atoms with van der Waals surface area (Å²) in [5, 5.41) is 0. The summed E-state index contributed by atoms with van der Waals surface area (Å²) in [4.78, 5) is 17.1. The molecule has 2 heterocycles. The van der Waals surface area contributed by atoms with Gasteiger partial charge in [-0.2, -0.15) is 0 Å². The van der Waals surface area contributed by atoms with E-state index in [-0.39, 0.29) is 5.91 Å². The zero-order valence-electron chi connectivity index (χ0n) is 17.8. The highest BCUT2D eigenvalue weighted by Gasteiger charge is 2.29. The molecular formula is C26H32N2O2. The summed E-state index contributed by atoms with van der Waals surface area (Å²) >= 11 is 0. The number of carbonyl (C=O) groups is 1. The van der Waals surface area contributed by atoms with Crippen LogP contribution in [0.5, 0.6) is 5.75 Å². The van der Waals surface area contributed by atoms with Crippen LogP contribution in [-0.4, -0.2) is 54.0 Å². The van der Waals surface area contributed by atoms with Crippen molar-refractivity contribution in [2.75, 3.05) is 26.2 Å². The number of hydrogen-bond acceptors (Lipinski definition) is 3. The third kappa shape index (κ3) is 4.24. The van der Waals surface area contributed by atoms with Gasteiger partial charge in [-0.1, -0.05) is 30.7 Å². The molecule has 0 bridgehead atoms. The normalized spacial score (nSPS) is 20.9. The molecule has 0 N–H and O–H groups in total. The van der Waals surface area contributed by atoms with Crippen LogP contribution in [-0.2, 0) is 0 Å². The summed E-state index contributed by atoms with van der Waals surface area (Å²) in [5.41, 5.74) is 3.07. The van der Waals surface area contributed by atoms with E-state index in [1.807, 2.05) is 17.0 Å². The summed E-state index contributed by atoms with van der Waals surface area (Å²) in [5.74, 6) is 1.12. The number of amides is 1. The fourth-order valence-electron chi connectivity index (χ4n) is 4.94. The second kappa shape index (κ2) is 8.81. The zero-order valence-corrected chi connectivity index (χ0v) is 17.8. The standard InChI is InChI=1S/C26H32N2O2/c29-26(28-16-1-2-17-28)22-8-6-20(7-9-22)21-10-12-24(13-11-21)30-25-14-18-27(19-15-25)23-4-3-5-23/h6-13,23,25H,1-5,14-19H2. The highest BCUT2D eigenvalue weighted by Crippen LogP contribution is 2.29. The molecule has 1 saturated carbocycles. The lowest BCUT2D eigenvalue weighted by Gasteiger charge is -2.41. The van der Waals surface area contributed by atoms with E-state index >= 15 is 0 Å². The van der Waals surface area contributed by atoms with E-state index in [0.29, 0.717) is 6.10 Å². The van der Waals surface area contributed by atoms with Gasteiger partial charge in [-0.05, 0) is 73.9 Å². The number of hydrogen-bond donors (Lipinski definition) is 0. The molecule has 2 aromatic rings. The van der Waals surface area contributed by atoms with Crippen molar-refractivity contribution in [2.24, 2.45) is 0 Å². The molecule has 5 rings (SSSR count). The molecule has 2 aliphatic heterocycles. The Bertz CT molecular complexity index is 844. The Kier molecular flexibility index (Phi) is 5.76. The van der Waals surface area contributed by atoms with Crippen LogP contribution in [0.4, 0.5) is 0 Å². The Morgan fingerprint density at radius 3 is 1.90 bits per heavy atom. The maximum Gasteiger partial charge on any atom is 0.253 e. The largest absolute Gasteiger partial charge is 0.490 e. The number of piperidine rings is 1. The van der Waals surface area contributed by atoms with Crippen LogP contribution in [0, 0.1) is 0 Å². The van der Waals surface area contributed by atoms with Crippen LogP contribution >= 0.6 is 0 Å². The summed E-state index contributed by atoms with van der Waals surface area (Å²) in [7, 11) is 0. The van der Waals surface area contributed by atoms with Crippen LogP contribution in [0.15, 0.2) is 48.5 Å². The summed E-state index contributed by atoms with van der Waals surface area (Å²) in [6.07, 6.45) is 9.03. The first-order chi connectivity index (χ1) is 14.8. The third-order valence-electron chi connectivity index (χ3n) is 7.08. The molecule has 0 radical (unpaired) electrons. The molecule has 30 heavy (non-hydrogen) atoms. The smallest absolute Gasteiger partial charge is 0.253 e. The molecule has 2 saturated heterocycles. The fraction of sp³-hybridized carbons (Fsp3) is 0.500. The molecule has 3 aliphatic rings. The van der Waals surface area contributed by atoms with Gasteiger partial charge >= 0.3 is 0 Å². The predicted octanol–water partition coefficient (Wildman–Crippen LogP) is 4.99. The van der Waals surface area contributed by atoms with E-state index in [2.05, 4.69) is 41.3 Å². The molecule has 1 amide bonds. The second-order valence-corrected chi connectivity index (χ2v) is 9.04. The number of nitrogens with zero attached hydrogens (tertiary/aromatic N) is 2. The van der Waals surface area contributed by atoms with E-state index in [0.717, 1.165) is 67.3 Å². The molecule has 4 nitrogen and oxygen atoms in total. The van der Waals surface area contributed by atoms with Crippen molar-refractivity contribution in [3.63, 3.8) is 0 Å². The summed E-state index contributed by atoms with van der Waals surface area (Å²) in [6.45, 7) is 4.13. The van der Waals surface area contributed by atoms with Crippen molar-refractivity contribution in [2.45, 2.75) is 57.1 Å². The van der Waals surface area contributed by atoms with Crippen LogP contribution in [0.3, 0.4) is 0 Å². The van der Waals surface area contributed by atoms with Gasteiger partial charge in [-0.25, -0.2) is 0 Å². The van der Waals surface area contributed by atoms with E-state index in [4.69, 9.17) is 4.74 Å².